The Balaban J connectivity index is 2.35. The molecular weight excluding hydrogens is 264 g/mol. The fourth-order valence-electron chi connectivity index (χ4n) is 2.25. The van der Waals surface area contributed by atoms with Crippen LogP contribution in [0.25, 0.3) is 0 Å². The first-order chi connectivity index (χ1) is 10.2. The van der Waals surface area contributed by atoms with Gasteiger partial charge in [-0.1, -0.05) is 50.5 Å². The first kappa shape index (κ1) is 17.5. The second-order valence-electron chi connectivity index (χ2n) is 5.43. The highest BCUT2D eigenvalue weighted by atomic mass is 16.5. The molecule has 0 fully saturated rings. The van der Waals surface area contributed by atoms with Gasteiger partial charge in [0.25, 0.3) is 0 Å². The topological polar surface area (TPSA) is 50.4 Å². The minimum absolute atomic E-state index is 0.105. The lowest BCUT2D eigenvalue weighted by atomic mass is 10.1. The molecule has 4 heteroatoms. The van der Waals surface area contributed by atoms with Crippen LogP contribution in [0.5, 0.6) is 0 Å². The number of benzene rings is 1. The van der Waals surface area contributed by atoms with Crippen LogP contribution in [0.3, 0.4) is 0 Å². The SMILES string of the molecule is CCCCCC(C)NC(=O)NCc1ccccc1COC. The Kier molecular flexibility index (Phi) is 8.51. The molecule has 0 aliphatic heterocycles. The largest absolute Gasteiger partial charge is 0.380 e. The van der Waals surface area contributed by atoms with Gasteiger partial charge in [-0.3, -0.25) is 0 Å². The summed E-state index contributed by atoms with van der Waals surface area (Å²) in [7, 11) is 1.68. The summed E-state index contributed by atoms with van der Waals surface area (Å²) < 4.78 is 5.17. The van der Waals surface area contributed by atoms with E-state index in [0.717, 1.165) is 24.0 Å². The van der Waals surface area contributed by atoms with Crippen molar-refractivity contribution in [2.24, 2.45) is 0 Å². The molecule has 21 heavy (non-hydrogen) atoms. The molecule has 0 aromatic heterocycles. The third-order valence-electron chi connectivity index (χ3n) is 3.48. The number of urea groups is 1. The van der Waals surface area contributed by atoms with Crippen LogP contribution in [0.1, 0.15) is 50.7 Å². The molecule has 0 spiro atoms. The minimum atomic E-state index is -0.105. The van der Waals surface area contributed by atoms with Gasteiger partial charge in [-0.05, 0) is 24.5 Å². The normalized spacial score (nSPS) is 12.0. The van der Waals surface area contributed by atoms with Crippen molar-refractivity contribution in [3.05, 3.63) is 35.4 Å². The van der Waals surface area contributed by atoms with E-state index in [4.69, 9.17) is 4.74 Å². The van der Waals surface area contributed by atoms with Crippen LogP contribution >= 0.6 is 0 Å². The second kappa shape index (κ2) is 10.2. The van der Waals surface area contributed by atoms with E-state index in [9.17, 15) is 4.79 Å². The number of unbranched alkanes of at least 4 members (excludes halogenated alkanes) is 2. The molecular formula is C17H28N2O2. The molecule has 4 nitrogen and oxygen atoms in total. The van der Waals surface area contributed by atoms with Crippen LogP contribution in [0, 0.1) is 0 Å². The van der Waals surface area contributed by atoms with E-state index in [1.807, 2.05) is 31.2 Å². The molecule has 2 amide bonds. The van der Waals surface area contributed by atoms with E-state index in [2.05, 4.69) is 17.6 Å². The number of methoxy groups -OCH3 is 1. The predicted octanol–water partition coefficient (Wildman–Crippen LogP) is 3.60. The molecule has 0 bridgehead atoms. The smallest absolute Gasteiger partial charge is 0.315 e. The second-order valence-corrected chi connectivity index (χ2v) is 5.43. The summed E-state index contributed by atoms with van der Waals surface area (Å²) in [5.41, 5.74) is 2.20. The standard InChI is InChI=1S/C17H28N2O2/c1-4-5-6-9-14(2)19-17(20)18-12-15-10-7-8-11-16(15)13-21-3/h7-8,10-11,14H,4-6,9,12-13H2,1-3H3,(H2,18,19,20). The Bertz CT molecular complexity index is 421. The van der Waals surface area contributed by atoms with Gasteiger partial charge in [-0.2, -0.15) is 0 Å². The van der Waals surface area contributed by atoms with E-state index in [1.165, 1.54) is 12.8 Å². The average molecular weight is 292 g/mol. The Hall–Kier alpha value is -1.55. The highest BCUT2D eigenvalue weighted by Gasteiger charge is 2.07. The monoisotopic (exact) mass is 292 g/mol. The maximum absolute atomic E-state index is 11.9. The molecule has 1 atom stereocenters. The van der Waals surface area contributed by atoms with Gasteiger partial charge in [0.2, 0.25) is 0 Å². The summed E-state index contributed by atoms with van der Waals surface area (Å²) in [6, 6.07) is 8.09. The van der Waals surface area contributed by atoms with Gasteiger partial charge in [-0.15, -0.1) is 0 Å². The number of rotatable bonds is 9. The van der Waals surface area contributed by atoms with Gasteiger partial charge < -0.3 is 15.4 Å². The van der Waals surface area contributed by atoms with Crippen LogP contribution in [0.15, 0.2) is 24.3 Å². The van der Waals surface area contributed by atoms with E-state index in [0.29, 0.717) is 13.2 Å². The molecule has 0 radical (unpaired) electrons. The van der Waals surface area contributed by atoms with Gasteiger partial charge in [-0.25, -0.2) is 4.79 Å². The maximum Gasteiger partial charge on any atom is 0.315 e. The molecule has 0 heterocycles. The van der Waals surface area contributed by atoms with Gasteiger partial charge in [0.1, 0.15) is 0 Å². The number of amides is 2. The molecule has 1 unspecified atom stereocenters. The fraction of sp³-hybridized carbons (Fsp3) is 0.588. The lowest BCUT2D eigenvalue weighted by Crippen LogP contribution is -2.40. The Labute approximate surface area is 128 Å². The number of hydrogen-bond donors (Lipinski definition) is 2. The summed E-state index contributed by atoms with van der Waals surface area (Å²) in [5, 5.41) is 5.89. The van der Waals surface area contributed by atoms with Crippen LogP contribution in [-0.2, 0) is 17.9 Å². The first-order valence-corrected chi connectivity index (χ1v) is 7.77. The number of carbonyl (C=O) groups excluding carboxylic acids is 1. The number of carbonyl (C=O) groups is 1. The molecule has 1 aromatic rings. The zero-order valence-electron chi connectivity index (χ0n) is 13.4. The number of ether oxygens (including phenoxy) is 1. The zero-order valence-corrected chi connectivity index (χ0v) is 13.4. The third-order valence-corrected chi connectivity index (χ3v) is 3.48. The lowest BCUT2D eigenvalue weighted by Gasteiger charge is -2.15. The molecule has 0 aliphatic carbocycles. The van der Waals surface area contributed by atoms with Crippen LogP contribution in [-0.4, -0.2) is 19.2 Å². The van der Waals surface area contributed by atoms with E-state index < -0.39 is 0 Å². The van der Waals surface area contributed by atoms with Crippen molar-refractivity contribution < 1.29 is 9.53 Å². The molecule has 0 saturated heterocycles. The zero-order chi connectivity index (χ0) is 15.5. The van der Waals surface area contributed by atoms with Crippen molar-refractivity contribution in [2.45, 2.75) is 58.7 Å². The van der Waals surface area contributed by atoms with Gasteiger partial charge in [0.15, 0.2) is 0 Å². The first-order valence-electron chi connectivity index (χ1n) is 7.77. The Morgan fingerprint density at radius 1 is 1.24 bits per heavy atom. The van der Waals surface area contributed by atoms with Crippen molar-refractivity contribution in [3.8, 4) is 0 Å². The molecule has 1 aromatic carbocycles. The maximum atomic E-state index is 11.9. The van der Waals surface area contributed by atoms with Crippen molar-refractivity contribution in [1.29, 1.82) is 0 Å². The quantitative estimate of drug-likeness (QED) is 0.683. The predicted molar refractivity (Wildman–Crippen MR) is 86.1 cm³/mol. The highest BCUT2D eigenvalue weighted by Crippen LogP contribution is 2.09. The van der Waals surface area contributed by atoms with Crippen molar-refractivity contribution >= 4 is 6.03 Å². The average Bonchev–Trinajstić information content (AvgIpc) is 2.47. The molecule has 0 aliphatic rings. The molecule has 118 valence electrons. The third kappa shape index (κ3) is 7.14. The molecule has 0 saturated carbocycles. The van der Waals surface area contributed by atoms with E-state index >= 15 is 0 Å². The molecule has 2 N–H and O–H groups in total. The Morgan fingerprint density at radius 3 is 2.62 bits per heavy atom. The number of nitrogens with one attached hydrogen (secondary N) is 2. The molecule has 1 rings (SSSR count). The summed E-state index contributed by atoms with van der Waals surface area (Å²) in [6.07, 6.45) is 4.61. The van der Waals surface area contributed by atoms with Gasteiger partial charge >= 0.3 is 6.03 Å². The highest BCUT2D eigenvalue weighted by molar-refractivity contribution is 5.74. The van der Waals surface area contributed by atoms with Crippen LogP contribution in [0.4, 0.5) is 4.79 Å². The van der Waals surface area contributed by atoms with E-state index in [1.54, 1.807) is 7.11 Å². The van der Waals surface area contributed by atoms with Crippen LogP contribution in [0.2, 0.25) is 0 Å². The summed E-state index contributed by atoms with van der Waals surface area (Å²) in [5.74, 6) is 0. The summed E-state index contributed by atoms with van der Waals surface area (Å²) >= 11 is 0. The van der Waals surface area contributed by atoms with Crippen molar-refractivity contribution in [2.75, 3.05) is 7.11 Å². The summed E-state index contributed by atoms with van der Waals surface area (Å²) in [4.78, 5) is 11.9. The van der Waals surface area contributed by atoms with Crippen molar-refractivity contribution in [1.82, 2.24) is 10.6 Å². The van der Waals surface area contributed by atoms with Crippen molar-refractivity contribution in [3.63, 3.8) is 0 Å². The minimum Gasteiger partial charge on any atom is -0.380 e. The summed E-state index contributed by atoms with van der Waals surface area (Å²) in [6.45, 7) is 5.32. The van der Waals surface area contributed by atoms with Gasteiger partial charge in [0, 0.05) is 19.7 Å². The van der Waals surface area contributed by atoms with Crippen LogP contribution < -0.4 is 10.6 Å². The lowest BCUT2D eigenvalue weighted by molar-refractivity contribution is 0.184. The number of hydrogen-bond acceptors (Lipinski definition) is 2. The Morgan fingerprint density at radius 2 is 1.95 bits per heavy atom. The fourth-order valence-corrected chi connectivity index (χ4v) is 2.25. The van der Waals surface area contributed by atoms with E-state index in [-0.39, 0.29) is 12.1 Å². The van der Waals surface area contributed by atoms with Gasteiger partial charge in [0.05, 0.1) is 6.61 Å².